The quantitative estimate of drug-likeness (QED) is 0.0971. The Hall–Kier alpha value is -7.60. The molecule has 11 nitrogen and oxygen atoms in total. The number of halogens is 2. The van der Waals surface area contributed by atoms with Crippen molar-refractivity contribution in [1.82, 2.24) is 0 Å². The number of azo groups is 2. The molecule has 0 aromatic heterocycles. The highest BCUT2D eigenvalue weighted by Crippen LogP contribution is 2.46. The molecule has 0 radical (unpaired) electrons. The number of para-hydroxylation sites is 1. The molecule has 0 heterocycles. The highest BCUT2D eigenvalue weighted by atomic mass is 35.5. The van der Waals surface area contributed by atoms with Crippen LogP contribution in [0.4, 0.5) is 28.4 Å². The van der Waals surface area contributed by atoms with Crippen molar-refractivity contribution in [3.05, 3.63) is 188 Å². The molecule has 8 aromatic carbocycles. The summed E-state index contributed by atoms with van der Waals surface area (Å²) in [7, 11) is 0. The van der Waals surface area contributed by atoms with E-state index >= 15 is 0 Å². The van der Waals surface area contributed by atoms with E-state index in [-0.39, 0.29) is 39.8 Å². The van der Waals surface area contributed by atoms with Gasteiger partial charge in [0, 0.05) is 38.0 Å². The van der Waals surface area contributed by atoms with Crippen LogP contribution in [0.2, 0.25) is 10.0 Å². The number of nitrogens with zero attached hydrogens (tertiary/aromatic N) is 5. The van der Waals surface area contributed by atoms with Gasteiger partial charge in [0.05, 0.1) is 27.6 Å². The Morgan fingerprint density at radius 2 is 1.08 bits per heavy atom. The van der Waals surface area contributed by atoms with Crippen LogP contribution in [0, 0.1) is 4.91 Å². The number of phenolic OH excluding ortho intramolecular Hbond substituents is 2. The number of phenols is 2. The Kier molecular flexibility index (Phi) is 9.88. The molecule has 1 aliphatic carbocycles. The number of ketones is 1. The lowest BCUT2D eigenvalue weighted by atomic mass is 9.94. The van der Waals surface area contributed by atoms with E-state index in [2.05, 4.69) is 31.0 Å². The maximum atomic E-state index is 13.9. The number of rotatable bonds is 9. The van der Waals surface area contributed by atoms with Gasteiger partial charge in [-0.2, -0.15) is 10.2 Å². The molecule has 0 spiro atoms. The second kappa shape index (κ2) is 15.6. The molecular weight excluding hydrogens is 799 g/mol. The zero-order chi connectivity index (χ0) is 41.5. The van der Waals surface area contributed by atoms with Crippen LogP contribution in [0.15, 0.2) is 171 Å². The number of amides is 1. The van der Waals surface area contributed by atoms with Gasteiger partial charge < -0.3 is 15.5 Å². The minimum absolute atomic E-state index is 0.0227. The lowest BCUT2D eigenvalue weighted by Crippen LogP contribution is -2.12. The van der Waals surface area contributed by atoms with Crippen LogP contribution in [0.25, 0.3) is 32.7 Å². The topological polar surface area (TPSA) is 166 Å². The number of nitroso groups, excluding NO2 is 1. The molecule has 0 saturated heterocycles. The third kappa shape index (κ3) is 6.81. The Labute approximate surface area is 351 Å². The molecule has 13 heteroatoms. The maximum absolute atomic E-state index is 13.9. The number of hydrogen-bond acceptors (Lipinski definition) is 10. The normalized spacial score (nSPS) is 12.6. The van der Waals surface area contributed by atoms with Crippen LogP contribution in [-0.2, 0) is 0 Å². The maximum Gasteiger partial charge on any atom is 0.259 e. The van der Waals surface area contributed by atoms with Crippen LogP contribution in [0.3, 0.4) is 0 Å². The van der Waals surface area contributed by atoms with Gasteiger partial charge in [0.2, 0.25) is 0 Å². The Bertz CT molecular complexity index is 3170. The van der Waals surface area contributed by atoms with E-state index in [0.717, 1.165) is 0 Å². The average molecular weight is 828 g/mol. The van der Waals surface area contributed by atoms with Crippen LogP contribution in [-0.4, -0.2) is 21.9 Å². The third-order valence-electron chi connectivity index (χ3n) is 10.3. The molecule has 1 amide bonds. The van der Waals surface area contributed by atoms with E-state index in [9.17, 15) is 24.7 Å². The van der Waals surface area contributed by atoms with E-state index in [1.165, 1.54) is 0 Å². The van der Waals surface area contributed by atoms with Crippen LogP contribution in [0.1, 0.15) is 43.4 Å². The number of anilines is 1. The predicted molar refractivity (Wildman–Crippen MR) is 233 cm³/mol. The molecule has 0 bridgehead atoms. The third-order valence-corrected chi connectivity index (χ3v) is 11.0. The summed E-state index contributed by atoms with van der Waals surface area (Å²) in [6, 6.07) is 40.3. The number of hydrogen-bond donors (Lipinski definition) is 3. The number of benzene rings is 8. The Morgan fingerprint density at radius 3 is 1.68 bits per heavy atom. The van der Waals surface area contributed by atoms with Crippen LogP contribution < -0.4 is 5.32 Å². The average Bonchev–Trinajstić information content (AvgIpc) is 3.54. The lowest BCUT2D eigenvalue weighted by Gasteiger charge is -2.16. The van der Waals surface area contributed by atoms with E-state index in [0.29, 0.717) is 76.5 Å². The van der Waals surface area contributed by atoms with Gasteiger partial charge in [0.25, 0.3) is 5.91 Å². The van der Waals surface area contributed by atoms with Gasteiger partial charge >= 0.3 is 0 Å². The molecule has 0 aliphatic heterocycles. The summed E-state index contributed by atoms with van der Waals surface area (Å²) in [4.78, 5) is 39.4. The second-order valence-corrected chi connectivity index (χ2v) is 14.7. The smallest absolute Gasteiger partial charge is 0.259 e. The van der Waals surface area contributed by atoms with Crippen molar-refractivity contribution in [2.75, 3.05) is 5.32 Å². The van der Waals surface area contributed by atoms with Gasteiger partial charge in [0.1, 0.15) is 23.2 Å². The summed E-state index contributed by atoms with van der Waals surface area (Å²) in [5.74, 6) is -1.50. The highest BCUT2D eigenvalue weighted by Gasteiger charge is 2.28. The van der Waals surface area contributed by atoms with Gasteiger partial charge in [-0.15, -0.1) is 15.1 Å². The molecule has 1 aliphatic rings. The number of nitrogens with one attached hydrogen (secondary N) is 1. The predicted octanol–water partition coefficient (Wildman–Crippen LogP) is 13.9. The molecule has 1 atom stereocenters. The summed E-state index contributed by atoms with van der Waals surface area (Å²) in [6.45, 7) is 0. The van der Waals surface area contributed by atoms with Crippen molar-refractivity contribution < 1.29 is 19.8 Å². The fraction of sp³-hybridized carbons (Fsp3) is 0.0213. The van der Waals surface area contributed by atoms with Crippen molar-refractivity contribution in [2.24, 2.45) is 25.6 Å². The number of aromatic hydroxyl groups is 2. The lowest BCUT2D eigenvalue weighted by molar-refractivity contribution is 0.102. The largest absolute Gasteiger partial charge is 0.505 e. The standard InChI is InChI=1S/C47H28Cl2N6O5/c48-38-14-6-5-13-33(38)41(55-60)36-21-25-9-1-3-11-29(25)42(45(36)57)53-51-27-17-19-31-32-20-18-28(24-35(32)44(56)34(31)23-27)52-54-43-30-12-4-2-10-26(30)22-37(46(43)58)47(59)50-40-16-8-7-15-39(40)49/h1-24,41,57-58H,(H,50,59). The Balaban J connectivity index is 1.01. The minimum Gasteiger partial charge on any atom is -0.505 e. The van der Waals surface area contributed by atoms with Crippen LogP contribution >= 0.6 is 23.2 Å². The minimum atomic E-state index is -1.11. The summed E-state index contributed by atoms with van der Waals surface area (Å²) >= 11 is 12.7. The van der Waals surface area contributed by atoms with Crippen molar-refractivity contribution >= 4 is 84.9 Å². The van der Waals surface area contributed by atoms with E-state index in [1.54, 1.807) is 127 Å². The first-order valence-electron chi connectivity index (χ1n) is 18.5. The first-order chi connectivity index (χ1) is 29.2. The molecule has 0 saturated carbocycles. The molecule has 290 valence electrons. The van der Waals surface area contributed by atoms with Gasteiger partial charge in [-0.25, -0.2) is 0 Å². The molecule has 8 aromatic rings. The molecule has 1 unspecified atom stereocenters. The van der Waals surface area contributed by atoms with Gasteiger partial charge in [-0.1, -0.05) is 119 Å². The molecular formula is C47H28Cl2N6O5. The van der Waals surface area contributed by atoms with Crippen molar-refractivity contribution in [2.45, 2.75) is 6.04 Å². The first-order valence-corrected chi connectivity index (χ1v) is 19.2. The zero-order valence-electron chi connectivity index (χ0n) is 31.0. The summed E-state index contributed by atoms with van der Waals surface area (Å²) < 4.78 is 0. The van der Waals surface area contributed by atoms with E-state index < -0.39 is 11.9 Å². The van der Waals surface area contributed by atoms with Crippen LogP contribution in [0.5, 0.6) is 11.5 Å². The highest BCUT2D eigenvalue weighted by molar-refractivity contribution is 6.34. The second-order valence-electron chi connectivity index (χ2n) is 13.9. The number of carbonyl (C=O) groups is 2. The fourth-order valence-corrected chi connectivity index (χ4v) is 7.79. The number of fused-ring (bicyclic) bond motifs is 5. The van der Waals surface area contributed by atoms with E-state index in [1.807, 2.05) is 18.2 Å². The number of carbonyl (C=O) groups excluding carboxylic acids is 2. The Morgan fingerprint density at radius 1 is 0.550 bits per heavy atom. The molecule has 0 fully saturated rings. The van der Waals surface area contributed by atoms with Crippen molar-refractivity contribution in [1.29, 1.82) is 0 Å². The molecule has 60 heavy (non-hydrogen) atoms. The van der Waals surface area contributed by atoms with Gasteiger partial charge in [-0.3, -0.25) is 9.59 Å². The summed E-state index contributed by atoms with van der Waals surface area (Å²) in [5.41, 5.74) is 4.05. The van der Waals surface area contributed by atoms with Gasteiger partial charge in [0.15, 0.2) is 11.5 Å². The first kappa shape index (κ1) is 37.9. The SMILES string of the molecule is O=NC(c1ccccc1Cl)c1cc2ccccc2c(N=Nc2ccc3c(c2)C(=O)c2cc(N=Nc4c(O)c(C(=O)Nc5ccccc5Cl)cc5ccccc45)ccc2-3)c1O. The zero-order valence-corrected chi connectivity index (χ0v) is 32.6. The summed E-state index contributed by atoms with van der Waals surface area (Å²) in [6.07, 6.45) is 0. The monoisotopic (exact) mass is 826 g/mol. The summed E-state index contributed by atoms with van der Waals surface area (Å²) in [5, 5.41) is 49.8. The van der Waals surface area contributed by atoms with Crippen molar-refractivity contribution in [3.63, 3.8) is 0 Å². The molecule has 3 N–H and O–H groups in total. The van der Waals surface area contributed by atoms with Gasteiger partial charge in [-0.05, 0) is 76.5 Å². The van der Waals surface area contributed by atoms with E-state index in [4.69, 9.17) is 23.2 Å². The molecule has 9 rings (SSSR count). The van der Waals surface area contributed by atoms with Crippen molar-refractivity contribution in [3.8, 4) is 22.6 Å². The fourth-order valence-electron chi connectivity index (χ4n) is 7.37.